The Kier molecular flexibility index (Phi) is 4.53. The third kappa shape index (κ3) is 3.93. The maximum atomic E-state index is 12.0. The van der Waals surface area contributed by atoms with Crippen LogP contribution in [0.4, 0.5) is 5.69 Å². The number of hydrogen-bond donors (Lipinski definition) is 1. The number of anilines is 1. The third-order valence-electron chi connectivity index (χ3n) is 2.77. The van der Waals surface area contributed by atoms with Crippen LogP contribution in [0.15, 0.2) is 35.7 Å². The molecule has 1 amide bonds. The number of nitrogen functional groups attached to an aromatic ring is 1. The van der Waals surface area contributed by atoms with E-state index in [4.69, 9.17) is 5.73 Å². The average Bonchev–Trinajstić information content (AvgIpc) is 2.81. The molecule has 2 rings (SSSR count). The summed E-state index contributed by atoms with van der Waals surface area (Å²) < 4.78 is 0. The van der Waals surface area contributed by atoms with Gasteiger partial charge in [0.15, 0.2) is 0 Å². The van der Waals surface area contributed by atoms with E-state index in [2.05, 4.69) is 4.98 Å². The van der Waals surface area contributed by atoms with Crippen molar-refractivity contribution in [3.05, 3.63) is 52.0 Å². The van der Waals surface area contributed by atoms with Gasteiger partial charge >= 0.3 is 0 Å². The molecule has 2 N–H and O–H groups in total. The summed E-state index contributed by atoms with van der Waals surface area (Å²) in [5, 5.41) is 2.98. The van der Waals surface area contributed by atoms with Crippen molar-refractivity contribution in [3.63, 3.8) is 0 Å². The first-order valence-electron chi connectivity index (χ1n) is 6.24. The number of aryl methyl sites for hydroxylation is 1. The van der Waals surface area contributed by atoms with Gasteiger partial charge in [0.2, 0.25) is 5.91 Å². The van der Waals surface area contributed by atoms with Gasteiger partial charge in [-0.15, -0.1) is 11.3 Å². The van der Waals surface area contributed by atoms with E-state index >= 15 is 0 Å². The fourth-order valence-electron chi connectivity index (χ4n) is 1.76. The lowest BCUT2D eigenvalue weighted by molar-refractivity contribution is -0.125. The number of carbonyl (C=O) groups is 1. The third-order valence-corrected chi connectivity index (χ3v) is 3.59. The fraction of sp³-hybridized carbons (Fsp3) is 0.200. The van der Waals surface area contributed by atoms with Gasteiger partial charge in [-0.05, 0) is 30.7 Å². The molecule has 0 spiro atoms. The highest BCUT2D eigenvalue weighted by molar-refractivity contribution is 7.09. The minimum absolute atomic E-state index is 0.0573. The van der Waals surface area contributed by atoms with Gasteiger partial charge in [0.05, 0.1) is 17.2 Å². The molecule has 0 bridgehead atoms. The van der Waals surface area contributed by atoms with Crippen LogP contribution in [0.25, 0.3) is 6.08 Å². The van der Waals surface area contributed by atoms with Crippen LogP contribution < -0.4 is 5.73 Å². The van der Waals surface area contributed by atoms with Gasteiger partial charge in [0, 0.05) is 24.2 Å². The van der Waals surface area contributed by atoms with Crippen LogP contribution in [0.5, 0.6) is 0 Å². The van der Waals surface area contributed by atoms with Gasteiger partial charge in [-0.2, -0.15) is 0 Å². The number of nitrogens with two attached hydrogens (primary N) is 1. The summed E-state index contributed by atoms with van der Waals surface area (Å²) in [6.45, 7) is 2.47. The van der Waals surface area contributed by atoms with Crippen molar-refractivity contribution >= 4 is 29.0 Å². The molecule has 0 saturated heterocycles. The van der Waals surface area contributed by atoms with E-state index in [-0.39, 0.29) is 5.91 Å². The molecule has 0 aliphatic heterocycles. The van der Waals surface area contributed by atoms with E-state index in [1.165, 1.54) is 0 Å². The van der Waals surface area contributed by atoms with E-state index in [0.29, 0.717) is 12.2 Å². The molecule has 1 aromatic carbocycles. The maximum Gasteiger partial charge on any atom is 0.246 e. The summed E-state index contributed by atoms with van der Waals surface area (Å²) >= 11 is 1.59. The van der Waals surface area contributed by atoms with Crippen LogP contribution in [0.3, 0.4) is 0 Å². The van der Waals surface area contributed by atoms with Crippen molar-refractivity contribution in [1.82, 2.24) is 9.88 Å². The molecule has 2 aromatic rings. The Hall–Kier alpha value is -2.14. The average molecular weight is 287 g/mol. The molecule has 4 nitrogen and oxygen atoms in total. The first-order valence-corrected chi connectivity index (χ1v) is 7.12. The Balaban J connectivity index is 1.97. The number of hydrogen-bond acceptors (Lipinski definition) is 4. The molecule has 0 aliphatic rings. The molecular weight excluding hydrogens is 270 g/mol. The number of carbonyl (C=O) groups excluding carboxylic acids is 1. The monoisotopic (exact) mass is 287 g/mol. The predicted octanol–water partition coefficient (Wildman–Crippen LogP) is 2.71. The van der Waals surface area contributed by atoms with Gasteiger partial charge in [0.1, 0.15) is 0 Å². The molecule has 0 fully saturated rings. The first kappa shape index (κ1) is 14.3. The normalized spacial score (nSPS) is 10.9. The Bertz CT molecular complexity index is 634. The first-order chi connectivity index (χ1) is 9.54. The maximum absolute atomic E-state index is 12.0. The van der Waals surface area contributed by atoms with E-state index < -0.39 is 0 Å². The minimum atomic E-state index is -0.0573. The molecule has 0 aliphatic carbocycles. The number of likely N-dealkylation sites (N-methyl/N-ethyl adjacent to an activating group) is 1. The van der Waals surface area contributed by atoms with Crippen molar-refractivity contribution in [1.29, 1.82) is 0 Å². The Labute approximate surface area is 122 Å². The number of amides is 1. The van der Waals surface area contributed by atoms with Crippen molar-refractivity contribution in [2.75, 3.05) is 12.8 Å². The number of rotatable bonds is 4. The van der Waals surface area contributed by atoms with Gasteiger partial charge < -0.3 is 10.6 Å². The van der Waals surface area contributed by atoms with E-state index in [9.17, 15) is 4.79 Å². The van der Waals surface area contributed by atoms with Crippen LogP contribution in [0.1, 0.15) is 16.3 Å². The summed E-state index contributed by atoms with van der Waals surface area (Å²) in [6.07, 6.45) is 3.31. The lowest BCUT2D eigenvalue weighted by Gasteiger charge is -2.13. The number of aromatic nitrogens is 1. The SMILES string of the molecule is Cc1nc(CN(C)C(=O)/C=C/c2cccc(N)c2)cs1. The minimum Gasteiger partial charge on any atom is -0.399 e. The lowest BCUT2D eigenvalue weighted by atomic mass is 10.2. The van der Waals surface area contributed by atoms with Crippen molar-refractivity contribution in [2.45, 2.75) is 13.5 Å². The predicted molar refractivity (Wildman–Crippen MR) is 83.2 cm³/mol. The molecule has 0 saturated carbocycles. The lowest BCUT2D eigenvalue weighted by Crippen LogP contribution is -2.24. The molecule has 0 atom stereocenters. The second-order valence-electron chi connectivity index (χ2n) is 4.56. The Morgan fingerprint density at radius 2 is 2.30 bits per heavy atom. The van der Waals surface area contributed by atoms with Gasteiger partial charge in [-0.25, -0.2) is 4.98 Å². The van der Waals surface area contributed by atoms with Crippen LogP contribution in [-0.2, 0) is 11.3 Å². The smallest absolute Gasteiger partial charge is 0.246 e. The Morgan fingerprint density at radius 1 is 1.50 bits per heavy atom. The quantitative estimate of drug-likeness (QED) is 0.695. The van der Waals surface area contributed by atoms with Gasteiger partial charge in [-0.1, -0.05) is 12.1 Å². The standard InChI is InChI=1S/C15H17N3OS/c1-11-17-14(10-20-11)9-18(2)15(19)7-6-12-4-3-5-13(16)8-12/h3-8,10H,9,16H2,1-2H3/b7-6+. The molecular formula is C15H17N3OS. The van der Waals surface area contributed by atoms with E-state index in [1.54, 1.807) is 35.4 Å². The molecule has 1 aromatic heterocycles. The topological polar surface area (TPSA) is 59.2 Å². The van der Waals surface area contributed by atoms with Crippen molar-refractivity contribution in [3.8, 4) is 0 Å². The van der Waals surface area contributed by atoms with Gasteiger partial charge in [0.25, 0.3) is 0 Å². The van der Waals surface area contributed by atoms with Gasteiger partial charge in [-0.3, -0.25) is 4.79 Å². The van der Waals surface area contributed by atoms with Crippen LogP contribution in [-0.4, -0.2) is 22.8 Å². The van der Waals surface area contributed by atoms with Crippen LogP contribution in [0.2, 0.25) is 0 Å². The van der Waals surface area contributed by atoms with Crippen molar-refractivity contribution in [2.24, 2.45) is 0 Å². The fourth-order valence-corrected chi connectivity index (χ4v) is 2.36. The summed E-state index contributed by atoms with van der Waals surface area (Å²) in [5.74, 6) is -0.0573. The zero-order valence-electron chi connectivity index (χ0n) is 11.5. The largest absolute Gasteiger partial charge is 0.399 e. The highest BCUT2D eigenvalue weighted by atomic mass is 32.1. The highest BCUT2D eigenvalue weighted by Gasteiger charge is 2.07. The molecule has 20 heavy (non-hydrogen) atoms. The molecule has 1 heterocycles. The molecule has 5 heteroatoms. The number of nitrogens with zero attached hydrogens (tertiary/aromatic N) is 2. The molecule has 0 unspecified atom stereocenters. The summed E-state index contributed by atoms with van der Waals surface area (Å²) in [5.41, 5.74) is 8.21. The van der Waals surface area contributed by atoms with Crippen LogP contribution >= 0.6 is 11.3 Å². The summed E-state index contributed by atoms with van der Waals surface area (Å²) in [6, 6.07) is 7.41. The zero-order valence-corrected chi connectivity index (χ0v) is 12.4. The second-order valence-corrected chi connectivity index (χ2v) is 5.62. The number of thiazole rings is 1. The molecule has 104 valence electrons. The number of benzene rings is 1. The summed E-state index contributed by atoms with van der Waals surface area (Å²) in [7, 11) is 1.76. The van der Waals surface area contributed by atoms with E-state index in [0.717, 1.165) is 16.3 Å². The highest BCUT2D eigenvalue weighted by Crippen LogP contribution is 2.11. The zero-order chi connectivity index (χ0) is 14.5. The van der Waals surface area contributed by atoms with E-state index in [1.807, 2.05) is 36.6 Å². The Morgan fingerprint density at radius 3 is 2.95 bits per heavy atom. The summed E-state index contributed by atoms with van der Waals surface area (Å²) in [4.78, 5) is 18.0. The molecule has 0 radical (unpaired) electrons. The van der Waals surface area contributed by atoms with Crippen molar-refractivity contribution < 1.29 is 4.79 Å². The van der Waals surface area contributed by atoms with Crippen LogP contribution in [0, 0.1) is 6.92 Å². The second kappa shape index (κ2) is 6.34.